The molecule has 2 rings (SSSR count). The van der Waals surface area contributed by atoms with Gasteiger partial charge >= 0.3 is 0 Å². The second-order valence-corrected chi connectivity index (χ2v) is 5.65. The first-order valence-corrected chi connectivity index (χ1v) is 6.55. The molecule has 0 saturated heterocycles. The molecule has 0 aliphatic carbocycles. The standard InChI is InChI=1S/C12H12BrNOS/c1-7-6-10(4-5-11(7)13)15-12-14-8(2)9(3)16-12/h4-6H,1-3H3. The van der Waals surface area contributed by atoms with Crippen molar-refractivity contribution in [3.8, 4) is 10.9 Å². The van der Waals surface area contributed by atoms with Crippen LogP contribution in [-0.2, 0) is 0 Å². The summed E-state index contributed by atoms with van der Waals surface area (Å²) < 4.78 is 6.79. The van der Waals surface area contributed by atoms with Crippen LogP contribution in [0.25, 0.3) is 0 Å². The maximum atomic E-state index is 5.70. The Morgan fingerprint density at radius 2 is 2.00 bits per heavy atom. The van der Waals surface area contributed by atoms with Crippen molar-refractivity contribution < 1.29 is 4.74 Å². The van der Waals surface area contributed by atoms with Gasteiger partial charge in [0.15, 0.2) is 0 Å². The second-order valence-electron chi connectivity index (χ2n) is 3.63. The third-order valence-corrected chi connectivity index (χ3v) is 4.18. The molecule has 0 atom stereocenters. The van der Waals surface area contributed by atoms with E-state index < -0.39 is 0 Å². The van der Waals surface area contributed by atoms with Gasteiger partial charge in [-0.15, -0.1) is 0 Å². The average molecular weight is 298 g/mol. The van der Waals surface area contributed by atoms with E-state index in [2.05, 4.69) is 20.9 Å². The number of ether oxygens (including phenoxy) is 1. The largest absolute Gasteiger partial charge is 0.431 e. The summed E-state index contributed by atoms with van der Waals surface area (Å²) >= 11 is 5.04. The predicted octanol–water partition coefficient (Wildman–Crippen LogP) is 4.62. The summed E-state index contributed by atoms with van der Waals surface area (Å²) in [5.41, 5.74) is 2.19. The van der Waals surface area contributed by atoms with Crippen LogP contribution in [0.4, 0.5) is 0 Å². The minimum atomic E-state index is 0.705. The lowest BCUT2D eigenvalue weighted by atomic mass is 10.2. The van der Waals surface area contributed by atoms with Crippen molar-refractivity contribution in [2.45, 2.75) is 20.8 Å². The number of hydrogen-bond donors (Lipinski definition) is 0. The molecule has 0 spiro atoms. The molecule has 0 fully saturated rings. The Morgan fingerprint density at radius 1 is 1.25 bits per heavy atom. The van der Waals surface area contributed by atoms with E-state index in [4.69, 9.17) is 4.74 Å². The molecule has 0 aliphatic heterocycles. The zero-order valence-corrected chi connectivity index (χ0v) is 11.8. The molecule has 0 aliphatic rings. The summed E-state index contributed by atoms with van der Waals surface area (Å²) in [5.74, 6) is 0.828. The molecular weight excluding hydrogens is 286 g/mol. The molecule has 0 bridgehead atoms. The fraction of sp³-hybridized carbons (Fsp3) is 0.250. The van der Waals surface area contributed by atoms with Gasteiger partial charge in [-0.3, -0.25) is 0 Å². The SMILES string of the molecule is Cc1cc(Oc2nc(C)c(C)s2)ccc1Br. The Bertz CT molecular complexity index is 502. The molecule has 1 heterocycles. The van der Waals surface area contributed by atoms with E-state index >= 15 is 0 Å². The van der Waals surface area contributed by atoms with Gasteiger partial charge in [0.05, 0.1) is 5.69 Å². The summed E-state index contributed by atoms with van der Waals surface area (Å²) in [4.78, 5) is 5.54. The highest BCUT2D eigenvalue weighted by Crippen LogP contribution is 2.30. The molecule has 4 heteroatoms. The maximum absolute atomic E-state index is 5.70. The van der Waals surface area contributed by atoms with Gasteiger partial charge < -0.3 is 4.74 Å². The van der Waals surface area contributed by atoms with Crippen molar-refractivity contribution in [3.63, 3.8) is 0 Å². The first-order chi connectivity index (χ1) is 7.56. The van der Waals surface area contributed by atoms with Crippen molar-refractivity contribution in [2.24, 2.45) is 0 Å². The second kappa shape index (κ2) is 4.55. The first-order valence-electron chi connectivity index (χ1n) is 4.94. The average Bonchev–Trinajstić information content (AvgIpc) is 2.52. The number of aryl methyl sites for hydroxylation is 3. The first kappa shape index (κ1) is 11.6. The molecule has 2 aromatic rings. The zero-order valence-electron chi connectivity index (χ0n) is 9.37. The Hall–Kier alpha value is -0.870. The quantitative estimate of drug-likeness (QED) is 0.807. The molecule has 16 heavy (non-hydrogen) atoms. The third kappa shape index (κ3) is 2.44. The number of aromatic nitrogens is 1. The number of benzene rings is 1. The molecule has 0 saturated carbocycles. The van der Waals surface area contributed by atoms with E-state index in [-0.39, 0.29) is 0 Å². The number of halogens is 1. The monoisotopic (exact) mass is 297 g/mol. The van der Waals surface area contributed by atoms with Crippen LogP contribution in [0.1, 0.15) is 16.1 Å². The van der Waals surface area contributed by atoms with Crippen LogP contribution in [0.3, 0.4) is 0 Å². The van der Waals surface area contributed by atoms with E-state index in [0.29, 0.717) is 5.19 Å². The van der Waals surface area contributed by atoms with Crippen molar-refractivity contribution in [2.75, 3.05) is 0 Å². The van der Waals surface area contributed by atoms with Crippen LogP contribution in [0.15, 0.2) is 22.7 Å². The van der Waals surface area contributed by atoms with Gasteiger partial charge in [-0.25, -0.2) is 4.98 Å². The van der Waals surface area contributed by atoms with Gasteiger partial charge in [0.1, 0.15) is 5.75 Å². The molecular formula is C12H12BrNOS. The van der Waals surface area contributed by atoms with Crippen molar-refractivity contribution >= 4 is 27.3 Å². The minimum Gasteiger partial charge on any atom is -0.431 e. The van der Waals surface area contributed by atoms with E-state index in [0.717, 1.165) is 21.5 Å². The van der Waals surface area contributed by atoms with Crippen LogP contribution in [0.5, 0.6) is 10.9 Å². The lowest BCUT2D eigenvalue weighted by Crippen LogP contribution is -1.85. The third-order valence-electron chi connectivity index (χ3n) is 2.34. The van der Waals surface area contributed by atoms with Gasteiger partial charge in [-0.2, -0.15) is 0 Å². The van der Waals surface area contributed by atoms with E-state index in [1.54, 1.807) is 11.3 Å². The van der Waals surface area contributed by atoms with E-state index in [1.807, 2.05) is 39.0 Å². The summed E-state index contributed by atoms with van der Waals surface area (Å²) in [6, 6.07) is 5.91. The van der Waals surface area contributed by atoms with Gasteiger partial charge in [0.2, 0.25) is 0 Å². The fourth-order valence-corrected chi connectivity index (χ4v) is 2.29. The van der Waals surface area contributed by atoms with Crippen molar-refractivity contribution in [1.29, 1.82) is 0 Å². The Balaban J connectivity index is 2.23. The Morgan fingerprint density at radius 3 is 2.56 bits per heavy atom. The molecule has 0 amide bonds. The summed E-state index contributed by atoms with van der Waals surface area (Å²) in [7, 11) is 0. The number of rotatable bonds is 2. The van der Waals surface area contributed by atoms with Crippen LogP contribution < -0.4 is 4.74 Å². The molecule has 84 valence electrons. The van der Waals surface area contributed by atoms with Gasteiger partial charge in [-0.05, 0) is 44.5 Å². The smallest absolute Gasteiger partial charge is 0.279 e. The van der Waals surface area contributed by atoms with Crippen molar-refractivity contribution in [3.05, 3.63) is 38.8 Å². The lowest BCUT2D eigenvalue weighted by molar-refractivity contribution is 0.477. The van der Waals surface area contributed by atoms with Gasteiger partial charge in [0, 0.05) is 9.35 Å². The Kier molecular flexibility index (Phi) is 3.30. The van der Waals surface area contributed by atoms with Crippen LogP contribution in [0.2, 0.25) is 0 Å². The molecule has 0 unspecified atom stereocenters. The number of nitrogens with zero attached hydrogens (tertiary/aromatic N) is 1. The van der Waals surface area contributed by atoms with Gasteiger partial charge in [-0.1, -0.05) is 27.3 Å². The molecule has 0 radical (unpaired) electrons. The van der Waals surface area contributed by atoms with E-state index in [1.165, 1.54) is 4.88 Å². The van der Waals surface area contributed by atoms with E-state index in [9.17, 15) is 0 Å². The van der Waals surface area contributed by atoms with Gasteiger partial charge in [0.25, 0.3) is 5.19 Å². The van der Waals surface area contributed by atoms with Crippen LogP contribution in [0, 0.1) is 20.8 Å². The summed E-state index contributed by atoms with van der Waals surface area (Å²) in [6.07, 6.45) is 0. The number of hydrogen-bond acceptors (Lipinski definition) is 3. The highest BCUT2D eigenvalue weighted by Gasteiger charge is 2.06. The molecule has 1 aromatic carbocycles. The topological polar surface area (TPSA) is 22.1 Å². The minimum absolute atomic E-state index is 0.705. The van der Waals surface area contributed by atoms with Crippen LogP contribution >= 0.6 is 27.3 Å². The molecule has 0 N–H and O–H groups in total. The Labute approximate surface area is 107 Å². The highest BCUT2D eigenvalue weighted by atomic mass is 79.9. The maximum Gasteiger partial charge on any atom is 0.279 e. The zero-order chi connectivity index (χ0) is 11.7. The van der Waals surface area contributed by atoms with Crippen molar-refractivity contribution in [1.82, 2.24) is 4.98 Å². The van der Waals surface area contributed by atoms with Crippen LogP contribution in [-0.4, -0.2) is 4.98 Å². The highest BCUT2D eigenvalue weighted by molar-refractivity contribution is 9.10. The lowest BCUT2D eigenvalue weighted by Gasteiger charge is -2.03. The molecule has 2 nitrogen and oxygen atoms in total. The predicted molar refractivity (Wildman–Crippen MR) is 70.5 cm³/mol. The fourth-order valence-electron chi connectivity index (χ4n) is 1.27. The number of thiazole rings is 1. The summed E-state index contributed by atoms with van der Waals surface area (Å²) in [6.45, 7) is 6.08. The summed E-state index contributed by atoms with van der Waals surface area (Å²) in [5, 5.41) is 0.705. The molecule has 1 aromatic heterocycles. The normalized spacial score (nSPS) is 10.5.